The smallest absolute Gasteiger partial charge is 0.160 e. The largest absolute Gasteiger partial charge is 0.297 e. The first-order chi connectivity index (χ1) is 31.6. The first-order valence-corrected chi connectivity index (χ1v) is 30.6. The zero-order chi connectivity index (χ0) is 44.8. The summed E-state index contributed by atoms with van der Waals surface area (Å²) in [5, 5.41) is 2.27. The van der Waals surface area contributed by atoms with Crippen molar-refractivity contribution in [2.75, 3.05) is 0 Å². The Balaban J connectivity index is 1.31. The van der Waals surface area contributed by atoms with E-state index in [2.05, 4.69) is 86.9 Å². The molecule has 0 fully saturated rings. The van der Waals surface area contributed by atoms with Gasteiger partial charge >= 0.3 is 0 Å². The lowest BCUT2D eigenvalue weighted by Crippen LogP contribution is -1.95. The Morgan fingerprint density at radius 2 is 0.672 bits per heavy atom. The first-order valence-electron chi connectivity index (χ1n) is 25.7. The second-order valence-electron chi connectivity index (χ2n) is 18.1. The Hall–Kier alpha value is -2.13. The highest BCUT2D eigenvalue weighted by Crippen LogP contribution is 2.51. The maximum atomic E-state index is 11.9. The number of carbonyl (C=O) groups excluding carboxylic acids is 1. The van der Waals surface area contributed by atoms with Gasteiger partial charge in [0.2, 0.25) is 0 Å². The number of thiophene rings is 6. The zero-order valence-corrected chi connectivity index (χ0v) is 44.8. The molecule has 0 aromatic carbocycles. The zero-order valence-electron chi connectivity index (χ0n) is 39.9. The molecule has 0 atom stereocenters. The van der Waals surface area contributed by atoms with E-state index in [0.717, 1.165) is 24.0 Å². The SMILES string of the molecule is CCCCCCCCc1c(-c2cccs2)sc(-c2ccc(-c3ccc(-c4sc(-c5ccc(C=O)s5)c(CCCCCCCC)c4CCCCCCCC)s3)s2)c1CCCCCCCC. The predicted molar refractivity (Wildman–Crippen MR) is 295 cm³/mol. The number of hydrogen-bond acceptors (Lipinski definition) is 7. The van der Waals surface area contributed by atoms with Crippen molar-refractivity contribution < 1.29 is 4.79 Å². The molecule has 0 spiro atoms. The number of rotatable bonds is 34. The maximum absolute atomic E-state index is 11.9. The minimum absolute atomic E-state index is 0.831. The van der Waals surface area contributed by atoms with Crippen molar-refractivity contribution in [2.45, 2.75) is 207 Å². The molecule has 7 heteroatoms. The Kier molecular flexibility index (Phi) is 23.2. The molecule has 6 rings (SSSR count). The third-order valence-corrected chi connectivity index (χ3v) is 20.5. The van der Waals surface area contributed by atoms with Crippen LogP contribution in [0.2, 0.25) is 0 Å². The van der Waals surface area contributed by atoms with Crippen LogP contribution >= 0.6 is 68.0 Å². The third kappa shape index (κ3) is 14.9. The molecule has 0 amide bonds. The Bertz CT molecular complexity index is 2180. The lowest BCUT2D eigenvalue weighted by Gasteiger charge is -2.10. The summed E-state index contributed by atoms with van der Waals surface area (Å²) in [6.45, 7) is 9.26. The van der Waals surface area contributed by atoms with Crippen LogP contribution in [0.4, 0.5) is 0 Å². The van der Waals surface area contributed by atoms with Gasteiger partial charge in [-0.3, -0.25) is 4.79 Å². The molecule has 6 aromatic rings. The Morgan fingerprint density at radius 3 is 1.02 bits per heavy atom. The van der Waals surface area contributed by atoms with Gasteiger partial charge in [0, 0.05) is 48.8 Å². The Morgan fingerprint density at radius 1 is 0.344 bits per heavy atom. The van der Waals surface area contributed by atoms with E-state index in [0.29, 0.717) is 0 Å². The fourth-order valence-electron chi connectivity index (χ4n) is 9.31. The number of aldehydes is 1. The predicted octanol–water partition coefficient (Wildman–Crippen LogP) is 21.8. The van der Waals surface area contributed by atoms with Crippen LogP contribution in [0.1, 0.15) is 214 Å². The molecule has 0 saturated carbocycles. The second kappa shape index (κ2) is 28.9. The molecule has 0 bridgehead atoms. The standard InChI is InChI=1S/C57H78OS6/c1-5-9-13-17-21-25-30-44-45(31-26-22-18-14-10-6-2)56(63-54(44)50-34-29-41-59-50)52-39-37-48(61-52)49-38-40-53(62-49)57-47(33-28-24-20-16-12-8-4)46(32-27-23-19-15-11-7-3)55(64-57)51-36-35-43(42-58)60-51/h29,34-42H,5-28,30-33H2,1-4H3. The van der Waals surface area contributed by atoms with Crippen molar-refractivity contribution in [3.8, 4) is 48.8 Å². The van der Waals surface area contributed by atoms with Gasteiger partial charge < -0.3 is 0 Å². The normalized spacial score (nSPS) is 11.7. The molecule has 348 valence electrons. The average Bonchev–Trinajstić information content (AvgIpc) is 4.17. The van der Waals surface area contributed by atoms with Crippen LogP contribution in [0.5, 0.6) is 0 Å². The molecule has 0 aliphatic heterocycles. The lowest BCUT2D eigenvalue weighted by atomic mass is 9.95. The molecular formula is C57H78OS6. The summed E-state index contributed by atoms with van der Waals surface area (Å²) in [5.74, 6) is 0. The van der Waals surface area contributed by atoms with Crippen LogP contribution in [-0.4, -0.2) is 6.29 Å². The van der Waals surface area contributed by atoms with Crippen molar-refractivity contribution in [1.29, 1.82) is 0 Å². The molecular weight excluding hydrogens is 893 g/mol. The molecule has 6 aromatic heterocycles. The van der Waals surface area contributed by atoms with E-state index in [1.54, 1.807) is 43.3 Å². The van der Waals surface area contributed by atoms with Crippen LogP contribution in [0.3, 0.4) is 0 Å². The number of carbonyl (C=O) groups is 1. The molecule has 0 saturated heterocycles. The molecule has 0 radical (unpaired) electrons. The van der Waals surface area contributed by atoms with E-state index in [1.165, 1.54) is 206 Å². The average molecular weight is 972 g/mol. The molecule has 64 heavy (non-hydrogen) atoms. The summed E-state index contributed by atoms with van der Waals surface area (Å²) in [5.41, 5.74) is 6.49. The van der Waals surface area contributed by atoms with Crippen LogP contribution in [0, 0.1) is 0 Å². The van der Waals surface area contributed by atoms with Gasteiger partial charge in [0.05, 0.1) is 4.88 Å². The van der Waals surface area contributed by atoms with Gasteiger partial charge in [-0.2, -0.15) is 0 Å². The molecule has 0 N–H and O–H groups in total. The fraction of sp³-hybridized carbons (Fsp3) is 0.561. The van der Waals surface area contributed by atoms with Gasteiger partial charge in [0.25, 0.3) is 0 Å². The topological polar surface area (TPSA) is 17.1 Å². The van der Waals surface area contributed by atoms with Gasteiger partial charge in [0.15, 0.2) is 6.29 Å². The summed E-state index contributed by atoms with van der Waals surface area (Å²) < 4.78 is 0. The molecule has 6 heterocycles. The third-order valence-electron chi connectivity index (χ3n) is 13.0. The summed E-state index contributed by atoms with van der Waals surface area (Å²) in [7, 11) is 0. The van der Waals surface area contributed by atoms with Crippen LogP contribution in [-0.2, 0) is 25.7 Å². The van der Waals surface area contributed by atoms with Gasteiger partial charge in [-0.1, -0.05) is 162 Å². The van der Waals surface area contributed by atoms with E-state index in [4.69, 9.17) is 0 Å². The highest BCUT2D eigenvalue weighted by Gasteiger charge is 2.25. The summed E-state index contributed by atoms with van der Waals surface area (Å²) in [6.07, 6.45) is 37.6. The summed E-state index contributed by atoms with van der Waals surface area (Å²) in [4.78, 5) is 27.1. The van der Waals surface area contributed by atoms with Gasteiger partial charge in [-0.25, -0.2) is 0 Å². The highest BCUT2D eigenvalue weighted by atomic mass is 32.1. The van der Waals surface area contributed by atoms with Crippen molar-refractivity contribution in [3.63, 3.8) is 0 Å². The van der Waals surface area contributed by atoms with Crippen molar-refractivity contribution >= 4 is 74.3 Å². The number of hydrogen-bond donors (Lipinski definition) is 0. The Labute approximate surface area is 413 Å². The second-order valence-corrected chi connectivity index (χ2v) is 24.4. The monoisotopic (exact) mass is 970 g/mol. The highest BCUT2D eigenvalue weighted by molar-refractivity contribution is 7.30. The van der Waals surface area contributed by atoms with E-state index in [-0.39, 0.29) is 0 Å². The van der Waals surface area contributed by atoms with Crippen LogP contribution < -0.4 is 0 Å². The van der Waals surface area contributed by atoms with Gasteiger partial charge in [0.1, 0.15) is 0 Å². The molecule has 0 aliphatic carbocycles. The van der Waals surface area contributed by atoms with Gasteiger partial charge in [-0.05, 0) is 121 Å². The van der Waals surface area contributed by atoms with Crippen molar-refractivity contribution in [2.24, 2.45) is 0 Å². The van der Waals surface area contributed by atoms with Crippen molar-refractivity contribution in [3.05, 3.63) is 81.0 Å². The van der Waals surface area contributed by atoms with Gasteiger partial charge in [-0.15, -0.1) is 68.0 Å². The van der Waals surface area contributed by atoms with E-state index < -0.39 is 0 Å². The minimum atomic E-state index is 0.831. The fourth-order valence-corrected chi connectivity index (χ4v) is 16.3. The van der Waals surface area contributed by atoms with E-state index >= 15 is 0 Å². The van der Waals surface area contributed by atoms with Crippen LogP contribution in [0.25, 0.3) is 48.8 Å². The number of unbranched alkanes of at least 4 members (excludes halogenated alkanes) is 20. The quantitative estimate of drug-likeness (QED) is 0.0291. The van der Waals surface area contributed by atoms with Crippen molar-refractivity contribution in [1.82, 2.24) is 0 Å². The van der Waals surface area contributed by atoms with Crippen LogP contribution in [0.15, 0.2) is 53.9 Å². The minimum Gasteiger partial charge on any atom is -0.297 e. The van der Waals surface area contributed by atoms with E-state index in [1.807, 2.05) is 51.4 Å². The first kappa shape index (κ1) is 51.3. The van der Waals surface area contributed by atoms with E-state index in [9.17, 15) is 4.79 Å². The molecule has 1 nitrogen and oxygen atoms in total. The summed E-state index contributed by atoms with van der Waals surface area (Å²) in [6, 6.07) is 18.6. The maximum Gasteiger partial charge on any atom is 0.160 e. The molecule has 0 aliphatic rings. The molecule has 0 unspecified atom stereocenters. The summed E-state index contributed by atoms with van der Waals surface area (Å²) >= 11 is 11.7. The lowest BCUT2D eigenvalue weighted by molar-refractivity contribution is 0.112.